The first kappa shape index (κ1) is 9.89. The first-order valence-corrected chi connectivity index (χ1v) is 4.30. The zero-order valence-electron chi connectivity index (χ0n) is 7.29. The standard InChI is InChI=1S/C8H16FNO2/c1-6(9)2-10-8(3-11)7-4-12-5-7/h6-8,10-11H,2-5H2,1H3. The molecule has 12 heavy (non-hydrogen) atoms. The van der Waals surface area contributed by atoms with Gasteiger partial charge < -0.3 is 15.2 Å². The van der Waals surface area contributed by atoms with E-state index in [1.165, 1.54) is 6.92 Å². The molecule has 3 nitrogen and oxygen atoms in total. The Morgan fingerprint density at radius 1 is 1.67 bits per heavy atom. The second kappa shape index (κ2) is 4.74. The van der Waals surface area contributed by atoms with Crippen LogP contribution in [0.3, 0.4) is 0 Å². The van der Waals surface area contributed by atoms with Crippen LogP contribution >= 0.6 is 0 Å². The molecule has 0 spiro atoms. The summed E-state index contributed by atoms with van der Waals surface area (Å²) in [6, 6.07) is -0.00282. The van der Waals surface area contributed by atoms with Gasteiger partial charge in [0, 0.05) is 18.5 Å². The zero-order chi connectivity index (χ0) is 8.97. The van der Waals surface area contributed by atoms with Crippen molar-refractivity contribution in [2.75, 3.05) is 26.4 Å². The van der Waals surface area contributed by atoms with E-state index in [9.17, 15) is 4.39 Å². The number of alkyl halides is 1. The van der Waals surface area contributed by atoms with Gasteiger partial charge in [-0.15, -0.1) is 0 Å². The van der Waals surface area contributed by atoms with Crippen LogP contribution in [-0.4, -0.2) is 43.7 Å². The topological polar surface area (TPSA) is 41.5 Å². The van der Waals surface area contributed by atoms with Crippen LogP contribution in [0.15, 0.2) is 0 Å². The molecule has 0 saturated carbocycles. The Bertz CT molecular complexity index is 128. The SMILES string of the molecule is CC(F)CNC(CO)C1COC1. The molecule has 0 aliphatic carbocycles. The van der Waals surface area contributed by atoms with Gasteiger partial charge in [0.2, 0.25) is 0 Å². The lowest BCUT2D eigenvalue weighted by molar-refractivity contribution is -0.0583. The summed E-state index contributed by atoms with van der Waals surface area (Å²) < 4.78 is 17.4. The molecule has 0 aromatic heterocycles. The third-order valence-electron chi connectivity index (χ3n) is 2.09. The summed E-state index contributed by atoms with van der Waals surface area (Å²) in [5, 5.41) is 11.9. The number of aliphatic hydroxyl groups is 1. The molecule has 72 valence electrons. The van der Waals surface area contributed by atoms with Gasteiger partial charge in [-0.05, 0) is 6.92 Å². The lowest BCUT2D eigenvalue weighted by Gasteiger charge is -2.33. The highest BCUT2D eigenvalue weighted by Crippen LogP contribution is 2.14. The van der Waals surface area contributed by atoms with Crippen LogP contribution in [0.2, 0.25) is 0 Å². The van der Waals surface area contributed by atoms with Crippen molar-refractivity contribution in [1.29, 1.82) is 0 Å². The van der Waals surface area contributed by atoms with Crippen molar-refractivity contribution in [1.82, 2.24) is 5.32 Å². The van der Waals surface area contributed by atoms with Crippen molar-refractivity contribution in [2.24, 2.45) is 5.92 Å². The number of nitrogens with one attached hydrogen (secondary N) is 1. The Balaban J connectivity index is 2.15. The molecular formula is C8H16FNO2. The summed E-state index contributed by atoms with van der Waals surface area (Å²) in [4.78, 5) is 0. The molecule has 0 aromatic rings. The van der Waals surface area contributed by atoms with Gasteiger partial charge in [0.1, 0.15) is 6.17 Å². The van der Waals surface area contributed by atoms with Crippen molar-refractivity contribution in [3.63, 3.8) is 0 Å². The molecule has 1 rings (SSSR count). The van der Waals surface area contributed by atoms with Gasteiger partial charge in [0.15, 0.2) is 0 Å². The van der Waals surface area contributed by atoms with Crippen LogP contribution in [-0.2, 0) is 4.74 Å². The number of aliphatic hydroxyl groups excluding tert-OH is 1. The lowest BCUT2D eigenvalue weighted by Crippen LogP contribution is -2.49. The third-order valence-corrected chi connectivity index (χ3v) is 2.09. The smallest absolute Gasteiger partial charge is 0.110 e. The number of rotatable bonds is 5. The minimum Gasteiger partial charge on any atom is -0.395 e. The van der Waals surface area contributed by atoms with Gasteiger partial charge in [0.05, 0.1) is 19.8 Å². The average Bonchev–Trinajstić information content (AvgIpc) is 1.93. The number of hydrogen-bond acceptors (Lipinski definition) is 3. The van der Waals surface area contributed by atoms with Crippen LogP contribution < -0.4 is 5.32 Å². The van der Waals surface area contributed by atoms with Crippen molar-refractivity contribution in [3.05, 3.63) is 0 Å². The van der Waals surface area contributed by atoms with E-state index in [2.05, 4.69) is 5.32 Å². The van der Waals surface area contributed by atoms with E-state index in [4.69, 9.17) is 9.84 Å². The van der Waals surface area contributed by atoms with Crippen molar-refractivity contribution < 1.29 is 14.2 Å². The van der Waals surface area contributed by atoms with E-state index in [1.54, 1.807) is 0 Å². The first-order chi connectivity index (χ1) is 5.74. The van der Waals surface area contributed by atoms with E-state index in [-0.39, 0.29) is 12.6 Å². The molecule has 0 radical (unpaired) electrons. The van der Waals surface area contributed by atoms with Crippen molar-refractivity contribution in [2.45, 2.75) is 19.1 Å². The number of hydrogen-bond donors (Lipinski definition) is 2. The molecule has 2 atom stereocenters. The minimum atomic E-state index is -0.861. The van der Waals surface area contributed by atoms with E-state index >= 15 is 0 Å². The molecule has 0 bridgehead atoms. The lowest BCUT2D eigenvalue weighted by atomic mass is 9.99. The quantitative estimate of drug-likeness (QED) is 0.618. The summed E-state index contributed by atoms with van der Waals surface area (Å²) >= 11 is 0. The molecule has 2 N–H and O–H groups in total. The summed E-state index contributed by atoms with van der Waals surface area (Å²) in [6.45, 7) is 3.22. The maximum Gasteiger partial charge on any atom is 0.110 e. The van der Waals surface area contributed by atoms with Gasteiger partial charge in [0.25, 0.3) is 0 Å². The van der Waals surface area contributed by atoms with Crippen LogP contribution in [0.1, 0.15) is 6.92 Å². The second-order valence-electron chi connectivity index (χ2n) is 3.28. The predicted molar refractivity (Wildman–Crippen MR) is 43.8 cm³/mol. The van der Waals surface area contributed by atoms with E-state index in [1.807, 2.05) is 0 Å². The highest BCUT2D eigenvalue weighted by Gasteiger charge is 2.27. The molecule has 4 heteroatoms. The van der Waals surface area contributed by atoms with Crippen LogP contribution in [0.5, 0.6) is 0 Å². The number of ether oxygens (including phenoxy) is 1. The Kier molecular flexibility index (Phi) is 3.91. The third kappa shape index (κ3) is 2.69. The minimum absolute atomic E-state index is 0.00282. The van der Waals surface area contributed by atoms with Crippen molar-refractivity contribution >= 4 is 0 Å². The maximum absolute atomic E-state index is 12.4. The van der Waals surface area contributed by atoms with Gasteiger partial charge >= 0.3 is 0 Å². The molecular weight excluding hydrogens is 161 g/mol. The van der Waals surface area contributed by atoms with Gasteiger partial charge in [-0.25, -0.2) is 4.39 Å². The highest BCUT2D eigenvalue weighted by molar-refractivity contribution is 4.80. The zero-order valence-corrected chi connectivity index (χ0v) is 7.29. The summed E-state index contributed by atoms with van der Waals surface area (Å²) in [5.74, 6) is 0.355. The molecule has 0 aromatic carbocycles. The average molecular weight is 177 g/mol. The molecule has 1 aliphatic heterocycles. The van der Waals surface area contributed by atoms with E-state index < -0.39 is 6.17 Å². The Labute approximate surface area is 71.9 Å². The Morgan fingerprint density at radius 2 is 2.33 bits per heavy atom. The molecule has 1 heterocycles. The van der Waals surface area contributed by atoms with Crippen LogP contribution in [0.4, 0.5) is 4.39 Å². The molecule has 2 unspecified atom stereocenters. The van der Waals surface area contributed by atoms with Crippen LogP contribution in [0, 0.1) is 5.92 Å². The summed E-state index contributed by atoms with van der Waals surface area (Å²) in [5.41, 5.74) is 0. The normalized spacial score (nSPS) is 23.2. The largest absolute Gasteiger partial charge is 0.395 e. The fraction of sp³-hybridized carbons (Fsp3) is 1.00. The van der Waals surface area contributed by atoms with Gasteiger partial charge in [-0.3, -0.25) is 0 Å². The van der Waals surface area contributed by atoms with Crippen LogP contribution in [0.25, 0.3) is 0 Å². The summed E-state index contributed by atoms with van der Waals surface area (Å²) in [6.07, 6.45) is -0.861. The Morgan fingerprint density at radius 3 is 2.67 bits per heavy atom. The molecule has 0 amide bonds. The number of halogens is 1. The maximum atomic E-state index is 12.4. The predicted octanol–water partition coefficient (Wildman–Crippen LogP) is -0.0587. The molecule has 1 aliphatic rings. The van der Waals surface area contributed by atoms with Gasteiger partial charge in [-0.1, -0.05) is 0 Å². The summed E-state index contributed by atoms with van der Waals surface area (Å²) in [7, 11) is 0. The first-order valence-electron chi connectivity index (χ1n) is 4.30. The fourth-order valence-electron chi connectivity index (χ4n) is 1.18. The second-order valence-corrected chi connectivity index (χ2v) is 3.28. The monoisotopic (exact) mass is 177 g/mol. The molecule has 1 saturated heterocycles. The highest BCUT2D eigenvalue weighted by atomic mass is 19.1. The fourth-order valence-corrected chi connectivity index (χ4v) is 1.18. The van der Waals surface area contributed by atoms with E-state index in [0.29, 0.717) is 25.7 Å². The molecule has 1 fully saturated rings. The van der Waals surface area contributed by atoms with E-state index in [0.717, 1.165) is 0 Å². The van der Waals surface area contributed by atoms with Gasteiger partial charge in [-0.2, -0.15) is 0 Å². The Hall–Kier alpha value is -0.190. The van der Waals surface area contributed by atoms with Crippen molar-refractivity contribution in [3.8, 4) is 0 Å².